The number of ether oxygens (including phenoxy) is 2. The van der Waals surface area contributed by atoms with Crippen LogP contribution in [-0.4, -0.2) is 67.9 Å². The summed E-state index contributed by atoms with van der Waals surface area (Å²) in [6, 6.07) is 18.7. The van der Waals surface area contributed by atoms with Crippen LogP contribution in [0.25, 0.3) is 10.9 Å². The number of rotatable bonds is 7. The molecule has 2 heterocycles. The molecule has 40 heavy (non-hydrogen) atoms. The van der Waals surface area contributed by atoms with Gasteiger partial charge in [-0.3, -0.25) is 14.5 Å². The summed E-state index contributed by atoms with van der Waals surface area (Å²) in [6.07, 6.45) is 0. The largest absolute Gasteiger partial charge is 0.497 e. The fraction of sp³-hybridized carbons (Fsp3) is 0.300. The van der Waals surface area contributed by atoms with Crippen LogP contribution in [0.2, 0.25) is 5.02 Å². The molecule has 0 radical (unpaired) electrons. The number of para-hydroxylation sites is 1. The van der Waals surface area contributed by atoms with Crippen molar-refractivity contribution in [3.05, 3.63) is 93.5 Å². The number of likely N-dealkylation sites (N-methyl/N-ethyl adjacent to an activating group) is 1. The normalized spacial score (nSPS) is 14.7. The number of carbonyl (C=O) groups excluding carboxylic acids is 1. The maximum atomic E-state index is 14.3. The number of amides is 1. The van der Waals surface area contributed by atoms with Crippen molar-refractivity contribution in [2.45, 2.75) is 13.0 Å². The van der Waals surface area contributed by atoms with Gasteiger partial charge in [0.25, 0.3) is 11.5 Å². The van der Waals surface area contributed by atoms with Crippen LogP contribution in [0.5, 0.6) is 11.5 Å². The first-order chi connectivity index (χ1) is 19.3. The molecule has 1 saturated heterocycles. The SMILES string of the molecule is COc1ccc(N(C(=O)c2cccc(Cl)c2)C(C)c2nc3ccccc3c(=O)n2N2CCN(C)CC2)c(OC)c1. The molecule has 3 aromatic carbocycles. The molecular formula is C30H32ClN5O4. The zero-order chi connectivity index (χ0) is 28.4. The predicted molar refractivity (Wildman–Crippen MR) is 158 cm³/mol. The zero-order valence-corrected chi connectivity index (χ0v) is 23.8. The molecule has 1 aliphatic rings. The second-order valence-corrected chi connectivity index (χ2v) is 10.2. The van der Waals surface area contributed by atoms with Crippen molar-refractivity contribution in [3.63, 3.8) is 0 Å². The average molecular weight is 562 g/mol. The van der Waals surface area contributed by atoms with E-state index in [9.17, 15) is 9.59 Å². The molecule has 0 aliphatic carbocycles. The monoisotopic (exact) mass is 561 g/mol. The highest BCUT2D eigenvalue weighted by atomic mass is 35.5. The lowest BCUT2D eigenvalue weighted by atomic mass is 10.1. The molecule has 10 heteroatoms. The smallest absolute Gasteiger partial charge is 0.280 e. The lowest BCUT2D eigenvalue weighted by Crippen LogP contribution is -2.55. The van der Waals surface area contributed by atoms with E-state index in [1.54, 1.807) is 72.3 Å². The Hall–Kier alpha value is -4.08. The first kappa shape index (κ1) is 27.5. The second-order valence-electron chi connectivity index (χ2n) is 9.76. The van der Waals surface area contributed by atoms with E-state index in [4.69, 9.17) is 26.1 Å². The zero-order valence-electron chi connectivity index (χ0n) is 23.0. The molecule has 1 amide bonds. The second kappa shape index (κ2) is 11.6. The molecule has 1 aliphatic heterocycles. The maximum absolute atomic E-state index is 14.3. The third-order valence-electron chi connectivity index (χ3n) is 7.24. The van der Waals surface area contributed by atoms with Crippen LogP contribution in [-0.2, 0) is 0 Å². The van der Waals surface area contributed by atoms with Crippen molar-refractivity contribution >= 4 is 34.1 Å². The van der Waals surface area contributed by atoms with E-state index in [0.29, 0.717) is 57.6 Å². The molecule has 0 spiro atoms. The summed E-state index contributed by atoms with van der Waals surface area (Å²) in [5.74, 6) is 1.16. The van der Waals surface area contributed by atoms with Crippen LogP contribution in [0, 0.1) is 0 Å². The summed E-state index contributed by atoms with van der Waals surface area (Å²) in [7, 11) is 5.17. The molecule has 1 unspecified atom stereocenters. The molecule has 208 valence electrons. The first-order valence-corrected chi connectivity index (χ1v) is 13.5. The van der Waals surface area contributed by atoms with Crippen molar-refractivity contribution in [1.29, 1.82) is 0 Å². The van der Waals surface area contributed by atoms with Crippen LogP contribution >= 0.6 is 11.6 Å². The van der Waals surface area contributed by atoms with E-state index in [0.717, 1.165) is 13.1 Å². The molecule has 0 saturated carbocycles. The van der Waals surface area contributed by atoms with Gasteiger partial charge >= 0.3 is 0 Å². The molecular weight excluding hydrogens is 530 g/mol. The van der Waals surface area contributed by atoms with E-state index in [2.05, 4.69) is 11.9 Å². The van der Waals surface area contributed by atoms with Gasteiger partial charge in [-0.2, -0.15) is 0 Å². The molecule has 9 nitrogen and oxygen atoms in total. The Morgan fingerprint density at radius 3 is 2.42 bits per heavy atom. The minimum atomic E-state index is -0.675. The Labute approximate surface area is 238 Å². The molecule has 1 fully saturated rings. The van der Waals surface area contributed by atoms with Crippen molar-refractivity contribution < 1.29 is 14.3 Å². The number of hydrogen-bond donors (Lipinski definition) is 0. The van der Waals surface area contributed by atoms with Crippen molar-refractivity contribution in [2.24, 2.45) is 0 Å². The summed E-state index contributed by atoms with van der Waals surface area (Å²) in [5.41, 5.74) is 1.30. The molecule has 0 bridgehead atoms. The summed E-state index contributed by atoms with van der Waals surface area (Å²) in [5, 5.41) is 2.98. The average Bonchev–Trinajstić information content (AvgIpc) is 2.97. The number of aromatic nitrogens is 2. The van der Waals surface area contributed by atoms with E-state index >= 15 is 0 Å². The highest BCUT2D eigenvalue weighted by Crippen LogP contribution is 2.38. The summed E-state index contributed by atoms with van der Waals surface area (Å²) in [6.45, 7) is 4.75. The van der Waals surface area contributed by atoms with Gasteiger partial charge in [0.1, 0.15) is 11.5 Å². The quantitative estimate of drug-likeness (QED) is 0.332. The van der Waals surface area contributed by atoms with E-state index in [1.807, 2.05) is 30.1 Å². The fourth-order valence-corrected chi connectivity index (χ4v) is 5.22. The standard InChI is InChI=1S/C30H32ClN5O4/c1-20(28-32-25-11-6-5-10-24(25)30(38)36(28)34-16-14-33(2)15-17-34)35(29(37)21-8-7-9-22(31)18-21)26-13-12-23(39-3)19-27(26)40-4/h5-13,18-20H,14-17H2,1-4H3. The fourth-order valence-electron chi connectivity index (χ4n) is 5.03. The number of halogens is 1. The highest BCUT2D eigenvalue weighted by molar-refractivity contribution is 6.31. The van der Waals surface area contributed by atoms with Crippen LogP contribution in [0.3, 0.4) is 0 Å². The number of benzene rings is 3. The molecule has 1 atom stereocenters. The van der Waals surface area contributed by atoms with Gasteiger partial charge in [0.2, 0.25) is 0 Å². The minimum Gasteiger partial charge on any atom is -0.497 e. The maximum Gasteiger partial charge on any atom is 0.280 e. The van der Waals surface area contributed by atoms with E-state index in [-0.39, 0.29) is 11.5 Å². The Morgan fingerprint density at radius 2 is 1.73 bits per heavy atom. The van der Waals surface area contributed by atoms with Crippen LogP contribution < -0.4 is 24.9 Å². The van der Waals surface area contributed by atoms with E-state index in [1.165, 1.54) is 0 Å². The summed E-state index contributed by atoms with van der Waals surface area (Å²) < 4.78 is 12.8. The number of anilines is 1. The summed E-state index contributed by atoms with van der Waals surface area (Å²) >= 11 is 6.28. The van der Waals surface area contributed by atoms with Crippen LogP contribution in [0.1, 0.15) is 29.1 Å². The molecule has 1 aromatic heterocycles. The predicted octanol–water partition coefficient (Wildman–Crippen LogP) is 4.36. The van der Waals surface area contributed by atoms with E-state index < -0.39 is 6.04 Å². The summed E-state index contributed by atoms with van der Waals surface area (Å²) in [4.78, 5) is 37.1. The number of fused-ring (bicyclic) bond motifs is 1. The lowest BCUT2D eigenvalue weighted by molar-refractivity contribution is 0.0975. The Bertz CT molecular complexity index is 1600. The number of carbonyl (C=O) groups is 1. The van der Waals surface area contributed by atoms with Gasteiger partial charge in [-0.15, -0.1) is 0 Å². The Kier molecular flexibility index (Phi) is 7.95. The topological polar surface area (TPSA) is 80.1 Å². The van der Waals surface area contributed by atoms with Gasteiger partial charge in [-0.1, -0.05) is 29.8 Å². The van der Waals surface area contributed by atoms with Gasteiger partial charge in [0, 0.05) is 42.8 Å². The first-order valence-electron chi connectivity index (χ1n) is 13.1. The van der Waals surface area contributed by atoms with Crippen molar-refractivity contribution in [2.75, 3.05) is 57.4 Å². The third-order valence-corrected chi connectivity index (χ3v) is 7.47. The van der Waals surface area contributed by atoms with Crippen LogP contribution in [0.4, 0.5) is 5.69 Å². The van der Waals surface area contributed by atoms with Gasteiger partial charge in [-0.25, -0.2) is 9.66 Å². The lowest BCUT2D eigenvalue weighted by Gasteiger charge is -2.38. The third kappa shape index (κ3) is 5.22. The number of methoxy groups -OCH3 is 2. The van der Waals surface area contributed by atoms with Gasteiger partial charge in [0.15, 0.2) is 5.82 Å². The van der Waals surface area contributed by atoms with Gasteiger partial charge < -0.3 is 19.4 Å². The Morgan fingerprint density at radius 1 is 0.975 bits per heavy atom. The number of hydrogen-bond acceptors (Lipinski definition) is 7. The molecule has 4 aromatic rings. The van der Waals surface area contributed by atoms with Gasteiger partial charge in [-0.05, 0) is 56.4 Å². The van der Waals surface area contributed by atoms with Crippen LogP contribution in [0.15, 0.2) is 71.5 Å². The van der Waals surface area contributed by atoms with Crippen molar-refractivity contribution in [1.82, 2.24) is 14.6 Å². The minimum absolute atomic E-state index is 0.172. The molecule has 0 N–H and O–H groups in total. The van der Waals surface area contributed by atoms with Gasteiger partial charge in [0.05, 0.1) is 36.9 Å². The van der Waals surface area contributed by atoms with Crippen molar-refractivity contribution in [3.8, 4) is 11.5 Å². The number of piperazine rings is 1. The number of nitrogens with zero attached hydrogens (tertiary/aromatic N) is 5. The Balaban J connectivity index is 1.73. The highest BCUT2D eigenvalue weighted by Gasteiger charge is 2.32. The molecule has 5 rings (SSSR count).